The molecule has 4 nitrogen and oxygen atoms in total. The molecule has 2 aromatic rings. The van der Waals surface area contributed by atoms with Crippen LogP contribution >= 0.6 is 11.6 Å². The zero-order valence-electron chi connectivity index (χ0n) is 12.4. The molecule has 23 heavy (non-hydrogen) atoms. The number of benzene rings is 2. The second-order valence-electron chi connectivity index (χ2n) is 5.56. The normalized spacial score (nSPS) is 16.2. The highest BCUT2D eigenvalue weighted by Crippen LogP contribution is 2.40. The largest absolute Gasteiger partial charge is 0.481 e. The summed E-state index contributed by atoms with van der Waals surface area (Å²) in [6.07, 6.45) is 0.551. The summed E-state index contributed by atoms with van der Waals surface area (Å²) in [6.45, 7) is 0. The minimum atomic E-state index is -0.964. The molecule has 118 valence electrons. The van der Waals surface area contributed by atoms with Crippen molar-refractivity contribution in [2.45, 2.75) is 25.3 Å². The number of amides is 1. The number of para-hydroxylation sites is 1. The molecule has 1 atom stereocenters. The highest BCUT2D eigenvalue weighted by atomic mass is 35.5. The Morgan fingerprint density at radius 1 is 1.09 bits per heavy atom. The Morgan fingerprint density at radius 3 is 2.48 bits per heavy atom. The molecule has 3 rings (SSSR count). The SMILES string of the molecule is O=C(O)CCC(=O)N1c2ccccc2CC1c1ccc(Cl)cc1. The standard InChI is InChI=1S/C18H16ClNO3/c19-14-7-5-12(6-8-14)16-11-13-3-1-2-4-15(13)20(16)17(21)9-10-18(22)23/h1-8,16H,9-11H2,(H,22,23). The van der Waals surface area contributed by atoms with Crippen molar-refractivity contribution in [1.29, 1.82) is 0 Å². The van der Waals surface area contributed by atoms with Crippen molar-refractivity contribution < 1.29 is 14.7 Å². The molecule has 0 aromatic heterocycles. The highest BCUT2D eigenvalue weighted by molar-refractivity contribution is 6.30. The molecule has 0 saturated carbocycles. The Labute approximate surface area is 139 Å². The molecular formula is C18H16ClNO3. The molecule has 0 saturated heterocycles. The Balaban J connectivity index is 1.94. The zero-order chi connectivity index (χ0) is 16.4. The van der Waals surface area contributed by atoms with Crippen LogP contribution in [0.1, 0.15) is 30.0 Å². The van der Waals surface area contributed by atoms with Gasteiger partial charge in [-0.2, -0.15) is 0 Å². The van der Waals surface area contributed by atoms with E-state index in [4.69, 9.17) is 16.7 Å². The first-order chi connectivity index (χ1) is 11.1. The molecule has 1 aliphatic heterocycles. The predicted octanol–water partition coefficient (Wildman–Crippen LogP) is 3.84. The zero-order valence-corrected chi connectivity index (χ0v) is 13.2. The van der Waals surface area contributed by atoms with Gasteiger partial charge in [-0.3, -0.25) is 9.59 Å². The van der Waals surface area contributed by atoms with E-state index >= 15 is 0 Å². The molecule has 1 amide bonds. The van der Waals surface area contributed by atoms with Gasteiger partial charge in [-0.25, -0.2) is 0 Å². The maximum Gasteiger partial charge on any atom is 0.303 e. The Kier molecular flexibility index (Phi) is 4.35. The summed E-state index contributed by atoms with van der Waals surface area (Å²) in [6, 6.07) is 15.1. The Hall–Kier alpha value is -2.33. The number of hydrogen-bond acceptors (Lipinski definition) is 2. The van der Waals surface area contributed by atoms with Crippen LogP contribution in [0.4, 0.5) is 5.69 Å². The first-order valence-electron chi connectivity index (χ1n) is 7.43. The van der Waals surface area contributed by atoms with E-state index in [0.717, 1.165) is 23.2 Å². The minimum absolute atomic E-state index is 0.00619. The van der Waals surface area contributed by atoms with Crippen molar-refractivity contribution in [2.75, 3.05) is 4.90 Å². The molecule has 0 radical (unpaired) electrons. The lowest BCUT2D eigenvalue weighted by molar-refractivity contribution is -0.138. The predicted molar refractivity (Wildman–Crippen MR) is 88.7 cm³/mol. The highest BCUT2D eigenvalue weighted by Gasteiger charge is 2.34. The maximum atomic E-state index is 12.6. The number of rotatable bonds is 4. The van der Waals surface area contributed by atoms with Gasteiger partial charge in [0, 0.05) is 17.1 Å². The number of aliphatic carboxylic acids is 1. The molecule has 0 aliphatic carbocycles. The number of carbonyl (C=O) groups excluding carboxylic acids is 1. The number of fused-ring (bicyclic) bond motifs is 1. The number of carbonyl (C=O) groups is 2. The quantitative estimate of drug-likeness (QED) is 0.927. The fraction of sp³-hybridized carbons (Fsp3) is 0.222. The van der Waals surface area contributed by atoms with E-state index in [0.29, 0.717) is 5.02 Å². The monoisotopic (exact) mass is 329 g/mol. The lowest BCUT2D eigenvalue weighted by Crippen LogP contribution is -2.32. The average molecular weight is 330 g/mol. The van der Waals surface area contributed by atoms with Gasteiger partial charge < -0.3 is 10.0 Å². The van der Waals surface area contributed by atoms with Gasteiger partial charge in [0.05, 0.1) is 12.5 Å². The third-order valence-corrected chi connectivity index (χ3v) is 4.30. The Bertz CT molecular complexity index is 742. The van der Waals surface area contributed by atoms with Crippen LogP contribution in [0, 0.1) is 0 Å². The number of carboxylic acids is 1. The van der Waals surface area contributed by atoms with Crippen molar-refractivity contribution in [2.24, 2.45) is 0 Å². The topological polar surface area (TPSA) is 57.6 Å². The average Bonchev–Trinajstić information content (AvgIpc) is 2.92. The summed E-state index contributed by atoms with van der Waals surface area (Å²) in [5, 5.41) is 9.47. The summed E-state index contributed by atoms with van der Waals surface area (Å²) in [5.74, 6) is -1.13. The van der Waals surface area contributed by atoms with E-state index < -0.39 is 5.97 Å². The van der Waals surface area contributed by atoms with Gasteiger partial charge in [-0.1, -0.05) is 41.9 Å². The van der Waals surface area contributed by atoms with E-state index in [1.54, 1.807) is 17.0 Å². The van der Waals surface area contributed by atoms with E-state index in [-0.39, 0.29) is 24.8 Å². The molecule has 0 spiro atoms. The van der Waals surface area contributed by atoms with Gasteiger partial charge in [0.2, 0.25) is 5.91 Å². The molecule has 1 aliphatic rings. The van der Waals surface area contributed by atoms with Crippen molar-refractivity contribution in [3.63, 3.8) is 0 Å². The van der Waals surface area contributed by atoms with Crippen LogP contribution in [0.25, 0.3) is 0 Å². The second-order valence-corrected chi connectivity index (χ2v) is 5.99. The van der Waals surface area contributed by atoms with E-state index in [1.165, 1.54) is 0 Å². The molecule has 1 N–H and O–H groups in total. The number of anilines is 1. The van der Waals surface area contributed by atoms with E-state index in [2.05, 4.69) is 0 Å². The number of carboxylic acid groups (broad SMARTS) is 1. The summed E-state index contributed by atoms with van der Waals surface area (Å²) >= 11 is 5.95. The third kappa shape index (κ3) is 3.22. The molecular weight excluding hydrogens is 314 g/mol. The van der Waals surface area contributed by atoms with Gasteiger partial charge in [-0.15, -0.1) is 0 Å². The summed E-state index contributed by atoms with van der Waals surface area (Å²) in [7, 11) is 0. The first kappa shape index (κ1) is 15.6. The summed E-state index contributed by atoms with van der Waals surface area (Å²) < 4.78 is 0. The smallest absolute Gasteiger partial charge is 0.303 e. The third-order valence-electron chi connectivity index (χ3n) is 4.05. The van der Waals surface area contributed by atoms with Gasteiger partial charge in [-0.05, 0) is 35.7 Å². The molecule has 1 heterocycles. The molecule has 2 aromatic carbocycles. The van der Waals surface area contributed by atoms with Crippen molar-refractivity contribution in [3.05, 3.63) is 64.7 Å². The van der Waals surface area contributed by atoms with E-state index in [1.807, 2.05) is 36.4 Å². The number of nitrogens with zero attached hydrogens (tertiary/aromatic N) is 1. The molecule has 1 unspecified atom stereocenters. The number of halogens is 1. The fourth-order valence-electron chi connectivity index (χ4n) is 2.98. The van der Waals surface area contributed by atoms with Crippen LogP contribution in [-0.2, 0) is 16.0 Å². The molecule has 0 bridgehead atoms. The first-order valence-corrected chi connectivity index (χ1v) is 7.81. The van der Waals surface area contributed by atoms with Crippen molar-refractivity contribution in [3.8, 4) is 0 Å². The van der Waals surface area contributed by atoms with Crippen LogP contribution in [0.2, 0.25) is 5.02 Å². The van der Waals surface area contributed by atoms with Gasteiger partial charge in [0.15, 0.2) is 0 Å². The van der Waals surface area contributed by atoms with Crippen LogP contribution in [0.15, 0.2) is 48.5 Å². The van der Waals surface area contributed by atoms with Crippen molar-refractivity contribution in [1.82, 2.24) is 0 Å². The van der Waals surface area contributed by atoms with Crippen LogP contribution in [0.3, 0.4) is 0 Å². The lowest BCUT2D eigenvalue weighted by atomic mass is 10.0. The fourth-order valence-corrected chi connectivity index (χ4v) is 3.11. The van der Waals surface area contributed by atoms with Gasteiger partial charge in [0.1, 0.15) is 0 Å². The minimum Gasteiger partial charge on any atom is -0.481 e. The summed E-state index contributed by atoms with van der Waals surface area (Å²) in [5.41, 5.74) is 2.95. The van der Waals surface area contributed by atoms with Crippen LogP contribution in [0.5, 0.6) is 0 Å². The van der Waals surface area contributed by atoms with Crippen LogP contribution < -0.4 is 4.90 Å². The van der Waals surface area contributed by atoms with Gasteiger partial charge >= 0.3 is 5.97 Å². The lowest BCUT2D eigenvalue weighted by Gasteiger charge is -2.26. The van der Waals surface area contributed by atoms with Crippen molar-refractivity contribution >= 4 is 29.2 Å². The molecule has 0 fully saturated rings. The second kappa shape index (κ2) is 6.42. The maximum absolute atomic E-state index is 12.6. The number of hydrogen-bond donors (Lipinski definition) is 1. The van der Waals surface area contributed by atoms with Gasteiger partial charge in [0.25, 0.3) is 0 Å². The van der Waals surface area contributed by atoms with Crippen LogP contribution in [-0.4, -0.2) is 17.0 Å². The molecule has 5 heteroatoms. The van der Waals surface area contributed by atoms with E-state index in [9.17, 15) is 9.59 Å². The Morgan fingerprint density at radius 2 is 1.78 bits per heavy atom. The summed E-state index contributed by atoms with van der Waals surface area (Å²) in [4.78, 5) is 25.1.